The van der Waals surface area contributed by atoms with Crippen molar-refractivity contribution in [1.29, 1.82) is 0 Å². The first kappa shape index (κ1) is 24.3. The van der Waals surface area contributed by atoms with Crippen molar-refractivity contribution in [3.05, 3.63) is 102 Å². The van der Waals surface area contributed by atoms with Crippen molar-refractivity contribution < 1.29 is 23.4 Å². The summed E-state index contributed by atoms with van der Waals surface area (Å²) in [5.74, 6) is 1.80. The van der Waals surface area contributed by atoms with Crippen LogP contribution in [0, 0.1) is 0 Å². The van der Waals surface area contributed by atoms with Gasteiger partial charge in [0.05, 0.1) is 28.5 Å². The monoisotopic (exact) mass is 548 g/mol. The molecule has 2 aliphatic rings. The lowest BCUT2D eigenvalue weighted by Gasteiger charge is -2.24. The number of fused-ring (bicyclic) bond motifs is 2. The Labute approximate surface area is 225 Å². The summed E-state index contributed by atoms with van der Waals surface area (Å²) in [6, 6.07) is 15.6. The molecule has 0 spiro atoms. The van der Waals surface area contributed by atoms with Gasteiger partial charge in [-0.05, 0) is 67.9 Å². The second kappa shape index (κ2) is 9.66. The molecule has 6 rings (SSSR count). The standard InChI is InChI=1S/C28H21ClN2O6S/c1-3-34-27(33)24-15(2)30-28-31(25(24)17-6-10-21-22(12-17)36-14-35-21)26(32)23(38-28)13-19-9-11-20(37-19)16-4-7-18(29)8-5-16/h4-13,25H,3,14H2,1-2H3/b23-13+/t25-/m1/s1. The van der Waals surface area contributed by atoms with Gasteiger partial charge in [0.25, 0.3) is 5.56 Å². The number of furan rings is 1. The van der Waals surface area contributed by atoms with Crippen molar-refractivity contribution in [2.45, 2.75) is 19.9 Å². The lowest BCUT2D eigenvalue weighted by Crippen LogP contribution is -2.39. The molecule has 192 valence electrons. The number of benzene rings is 2. The fourth-order valence-electron chi connectivity index (χ4n) is 4.52. The number of allylic oxidation sites excluding steroid dienone is 1. The average molecular weight is 549 g/mol. The molecule has 8 nitrogen and oxygen atoms in total. The molecule has 38 heavy (non-hydrogen) atoms. The molecule has 2 aromatic heterocycles. The first-order valence-electron chi connectivity index (χ1n) is 11.9. The molecule has 4 aromatic rings. The van der Waals surface area contributed by atoms with Gasteiger partial charge in [-0.1, -0.05) is 29.0 Å². The van der Waals surface area contributed by atoms with Crippen LogP contribution in [0.3, 0.4) is 0 Å². The van der Waals surface area contributed by atoms with E-state index in [0.29, 0.717) is 54.2 Å². The van der Waals surface area contributed by atoms with E-state index in [1.54, 1.807) is 50.3 Å². The van der Waals surface area contributed by atoms with Gasteiger partial charge in [-0.2, -0.15) is 0 Å². The first-order chi connectivity index (χ1) is 18.4. The fourth-order valence-corrected chi connectivity index (χ4v) is 5.67. The molecule has 0 saturated heterocycles. The fraction of sp³-hybridized carbons (Fsp3) is 0.179. The van der Waals surface area contributed by atoms with E-state index < -0.39 is 12.0 Å². The van der Waals surface area contributed by atoms with Gasteiger partial charge in [0.1, 0.15) is 11.5 Å². The summed E-state index contributed by atoms with van der Waals surface area (Å²) in [7, 11) is 0. The van der Waals surface area contributed by atoms with Crippen LogP contribution >= 0.6 is 22.9 Å². The highest BCUT2D eigenvalue weighted by atomic mass is 35.5. The Hall–Kier alpha value is -4.08. The maximum Gasteiger partial charge on any atom is 0.338 e. The van der Waals surface area contributed by atoms with Crippen LogP contribution < -0.4 is 24.4 Å². The zero-order valence-corrected chi connectivity index (χ0v) is 22.0. The summed E-state index contributed by atoms with van der Waals surface area (Å²) in [4.78, 5) is 31.9. The molecule has 2 aromatic carbocycles. The van der Waals surface area contributed by atoms with Gasteiger partial charge in [0.2, 0.25) is 6.79 Å². The molecule has 0 bridgehead atoms. The Bertz CT molecular complexity index is 1780. The minimum atomic E-state index is -0.747. The minimum Gasteiger partial charge on any atom is -0.463 e. The van der Waals surface area contributed by atoms with E-state index in [0.717, 1.165) is 5.56 Å². The second-order valence-corrected chi connectivity index (χ2v) is 10.1. The molecule has 10 heteroatoms. The Morgan fingerprint density at radius 2 is 1.95 bits per heavy atom. The zero-order valence-electron chi connectivity index (χ0n) is 20.4. The van der Waals surface area contributed by atoms with E-state index in [1.165, 1.54) is 15.9 Å². The van der Waals surface area contributed by atoms with Crippen LogP contribution in [0.4, 0.5) is 0 Å². The highest BCUT2D eigenvalue weighted by molar-refractivity contribution is 7.07. The number of ether oxygens (including phenoxy) is 3. The number of hydrogen-bond acceptors (Lipinski definition) is 8. The van der Waals surface area contributed by atoms with Crippen molar-refractivity contribution >= 4 is 35.0 Å². The maximum absolute atomic E-state index is 13.8. The normalized spacial score (nSPS) is 16.4. The average Bonchev–Trinajstić information content (AvgIpc) is 3.63. The van der Waals surface area contributed by atoms with Crippen molar-refractivity contribution in [2.24, 2.45) is 4.99 Å². The predicted molar refractivity (Wildman–Crippen MR) is 142 cm³/mol. The van der Waals surface area contributed by atoms with Gasteiger partial charge in [0, 0.05) is 16.7 Å². The predicted octanol–water partition coefficient (Wildman–Crippen LogP) is 4.44. The van der Waals surface area contributed by atoms with Gasteiger partial charge in [-0.15, -0.1) is 0 Å². The van der Waals surface area contributed by atoms with E-state index in [4.69, 9.17) is 30.2 Å². The molecule has 0 unspecified atom stereocenters. The van der Waals surface area contributed by atoms with E-state index in [9.17, 15) is 9.59 Å². The largest absolute Gasteiger partial charge is 0.463 e. The molecule has 2 aliphatic heterocycles. The van der Waals surface area contributed by atoms with Gasteiger partial charge in [-0.3, -0.25) is 9.36 Å². The molecule has 0 amide bonds. The Morgan fingerprint density at radius 3 is 2.74 bits per heavy atom. The van der Waals surface area contributed by atoms with Crippen LogP contribution in [0.2, 0.25) is 5.02 Å². The maximum atomic E-state index is 13.8. The minimum absolute atomic E-state index is 0.113. The van der Waals surface area contributed by atoms with E-state index in [-0.39, 0.29) is 19.0 Å². The van der Waals surface area contributed by atoms with Crippen molar-refractivity contribution in [2.75, 3.05) is 13.4 Å². The van der Waals surface area contributed by atoms with Crippen LogP contribution in [-0.2, 0) is 9.53 Å². The Kier molecular flexibility index (Phi) is 6.17. The number of nitrogens with zero attached hydrogens (tertiary/aromatic N) is 2. The molecule has 0 radical (unpaired) electrons. The number of aromatic nitrogens is 1. The van der Waals surface area contributed by atoms with Crippen molar-refractivity contribution in [3.63, 3.8) is 0 Å². The van der Waals surface area contributed by atoms with Gasteiger partial charge >= 0.3 is 5.97 Å². The number of hydrogen-bond donors (Lipinski definition) is 0. The SMILES string of the molecule is CCOC(=O)C1=C(C)N=c2s/c(=C/c3ccc(-c4ccc(Cl)cc4)o3)c(=O)n2[C@@H]1c1ccc2c(c1)OCO2. The zero-order chi connectivity index (χ0) is 26.4. The Balaban J connectivity index is 1.47. The molecule has 0 fully saturated rings. The summed E-state index contributed by atoms with van der Waals surface area (Å²) < 4.78 is 24.3. The number of carbonyl (C=O) groups is 1. The van der Waals surface area contributed by atoms with Crippen molar-refractivity contribution in [3.8, 4) is 22.8 Å². The summed E-state index contributed by atoms with van der Waals surface area (Å²) in [6.45, 7) is 3.79. The van der Waals surface area contributed by atoms with Gasteiger partial charge in [-0.25, -0.2) is 9.79 Å². The third kappa shape index (κ3) is 4.23. The van der Waals surface area contributed by atoms with E-state index in [1.807, 2.05) is 24.3 Å². The molecule has 0 N–H and O–H groups in total. The van der Waals surface area contributed by atoms with Crippen LogP contribution in [0.15, 0.2) is 80.1 Å². The molecule has 0 saturated carbocycles. The quantitative estimate of drug-likeness (QED) is 0.342. The summed E-state index contributed by atoms with van der Waals surface area (Å²) in [5.41, 5.74) is 2.04. The second-order valence-electron chi connectivity index (χ2n) is 8.62. The molecular formula is C28H21ClN2O6S. The summed E-state index contributed by atoms with van der Waals surface area (Å²) in [5, 5.41) is 0.635. The summed E-state index contributed by atoms with van der Waals surface area (Å²) >= 11 is 7.22. The third-order valence-electron chi connectivity index (χ3n) is 6.26. The van der Waals surface area contributed by atoms with E-state index in [2.05, 4.69) is 4.99 Å². The number of halogens is 1. The van der Waals surface area contributed by atoms with Crippen LogP contribution in [-0.4, -0.2) is 23.9 Å². The van der Waals surface area contributed by atoms with Gasteiger partial charge in [0.15, 0.2) is 16.3 Å². The smallest absolute Gasteiger partial charge is 0.338 e. The van der Waals surface area contributed by atoms with Crippen LogP contribution in [0.5, 0.6) is 11.5 Å². The molecule has 4 heterocycles. The Morgan fingerprint density at radius 1 is 1.16 bits per heavy atom. The molecule has 1 atom stereocenters. The third-order valence-corrected chi connectivity index (χ3v) is 7.49. The van der Waals surface area contributed by atoms with Crippen LogP contribution in [0.25, 0.3) is 17.4 Å². The highest BCUT2D eigenvalue weighted by Gasteiger charge is 2.34. The van der Waals surface area contributed by atoms with E-state index >= 15 is 0 Å². The molecule has 0 aliphatic carbocycles. The first-order valence-corrected chi connectivity index (χ1v) is 13.1. The van der Waals surface area contributed by atoms with Crippen molar-refractivity contribution in [1.82, 2.24) is 4.57 Å². The van der Waals surface area contributed by atoms with Crippen LogP contribution in [0.1, 0.15) is 31.2 Å². The highest BCUT2D eigenvalue weighted by Crippen LogP contribution is 2.38. The number of rotatable bonds is 5. The lowest BCUT2D eigenvalue weighted by atomic mass is 9.95. The number of carbonyl (C=O) groups excluding carboxylic acids is 1. The number of esters is 1. The number of thiazole rings is 1. The lowest BCUT2D eigenvalue weighted by molar-refractivity contribution is -0.139. The molecular weight excluding hydrogens is 528 g/mol. The topological polar surface area (TPSA) is 92.3 Å². The summed E-state index contributed by atoms with van der Waals surface area (Å²) in [6.07, 6.45) is 1.68. The van der Waals surface area contributed by atoms with Gasteiger partial charge < -0.3 is 18.6 Å².